The molecule has 0 bridgehead atoms. The second-order valence-corrected chi connectivity index (χ2v) is 6.06. The van der Waals surface area contributed by atoms with E-state index in [0.29, 0.717) is 0 Å². The van der Waals surface area contributed by atoms with Crippen LogP contribution in [0.2, 0.25) is 0 Å². The van der Waals surface area contributed by atoms with Crippen molar-refractivity contribution in [3.05, 3.63) is 22.7 Å². The maximum Gasteiger partial charge on any atom is 0.266 e. The molecule has 1 aromatic rings. The molecule has 0 aliphatic carbocycles. The fourth-order valence-corrected chi connectivity index (χ4v) is 3.41. The third-order valence-corrected chi connectivity index (χ3v) is 4.60. The molecule has 1 N–H and O–H groups in total. The van der Waals surface area contributed by atoms with E-state index < -0.39 is 0 Å². The molecule has 20 heavy (non-hydrogen) atoms. The predicted octanol–water partition coefficient (Wildman–Crippen LogP) is 3.45. The maximum atomic E-state index is 12.7. The van der Waals surface area contributed by atoms with Crippen LogP contribution in [0, 0.1) is 6.92 Å². The van der Waals surface area contributed by atoms with Gasteiger partial charge in [0, 0.05) is 13.1 Å². The minimum Gasteiger partial charge on any atom is -0.362 e. The van der Waals surface area contributed by atoms with Gasteiger partial charge in [-0.1, -0.05) is 43.3 Å². The fourth-order valence-electron chi connectivity index (χ4n) is 2.42. The van der Waals surface area contributed by atoms with E-state index >= 15 is 0 Å². The van der Waals surface area contributed by atoms with E-state index in [2.05, 4.69) is 29.4 Å². The van der Waals surface area contributed by atoms with Gasteiger partial charge >= 0.3 is 0 Å². The molecule has 0 saturated heterocycles. The number of nitrogens with one attached hydrogen (secondary N) is 1. The number of rotatable bonds is 6. The molecule has 2 rings (SSSR count). The zero-order valence-corrected chi connectivity index (χ0v) is 13.3. The highest BCUT2D eigenvalue weighted by atomic mass is 32.1. The smallest absolute Gasteiger partial charge is 0.266 e. The third kappa shape index (κ3) is 3.20. The van der Waals surface area contributed by atoms with Gasteiger partial charge in [-0.15, -0.1) is 0 Å². The summed E-state index contributed by atoms with van der Waals surface area (Å²) in [5.41, 5.74) is 0.831. The molecule has 1 aliphatic heterocycles. The van der Waals surface area contributed by atoms with Crippen molar-refractivity contribution < 1.29 is 4.79 Å². The number of hydrogen-bond acceptors (Lipinski definition) is 4. The molecule has 0 fully saturated rings. The van der Waals surface area contributed by atoms with Crippen molar-refractivity contribution >= 4 is 22.4 Å². The first kappa shape index (κ1) is 15.0. The molecule has 2 heterocycles. The number of carbonyl (C=O) groups is 1. The van der Waals surface area contributed by atoms with Crippen LogP contribution < -0.4 is 5.32 Å². The maximum absolute atomic E-state index is 12.7. The largest absolute Gasteiger partial charge is 0.362 e. The van der Waals surface area contributed by atoms with Gasteiger partial charge < -0.3 is 10.2 Å². The van der Waals surface area contributed by atoms with Gasteiger partial charge in [0.05, 0.1) is 11.7 Å². The number of nitrogens with zero attached hydrogens (tertiary/aromatic N) is 2. The number of aromatic nitrogens is 1. The Balaban J connectivity index is 2.10. The average Bonchev–Trinajstić information content (AvgIpc) is 3.03. The zero-order chi connectivity index (χ0) is 14.5. The van der Waals surface area contributed by atoms with Crippen molar-refractivity contribution in [2.75, 3.05) is 18.4 Å². The quantitative estimate of drug-likeness (QED) is 0.817. The van der Waals surface area contributed by atoms with E-state index in [9.17, 15) is 4.79 Å². The van der Waals surface area contributed by atoms with Crippen LogP contribution in [0.15, 0.2) is 12.2 Å². The summed E-state index contributed by atoms with van der Waals surface area (Å²) < 4.78 is 0. The third-order valence-electron chi connectivity index (χ3n) is 3.49. The van der Waals surface area contributed by atoms with E-state index in [-0.39, 0.29) is 11.9 Å². The number of aryl methyl sites for hydroxylation is 1. The van der Waals surface area contributed by atoms with E-state index in [1.165, 1.54) is 11.3 Å². The molecule has 1 aromatic heterocycles. The van der Waals surface area contributed by atoms with Gasteiger partial charge in [-0.3, -0.25) is 4.79 Å². The molecule has 1 aliphatic rings. The summed E-state index contributed by atoms with van der Waals surface area (Å²) in [5.74, 6) is 0.121. The zero-order valence-electron chi connectivity index (χ0n) is 12.5. The highest BCUT2D eigenvalue weighted by Gasteiger charge is 2.28. The van der Waals surface area contributed by atoms with E-state index in [1.807, 2.05) is 18.7 Å². The van der Waals surface area contributed by atoms with E-state index in [1.54, 1.807) is 0 Å². The van der Waals surface area contributed by atoms with Crippen molar-refractivity contribution in [3.8, 4) is 0 Å². The van der Waals surface area contributed by atoms with Crippen LogP contribution in [-0.2, 0) is 0 Å². The number of carbonyl (C=O) groups excluding carboxylic acids is 1. The van der Waals surface area contributed by atoms with Gasteiger partial charge in [-0.2, -0.15) is 0 Å². The lowest BCUT2D eigenvalue weighted by atomic mass is 10.1. The van der Waals surface area contributed by atoms with Crippen LogP contribution in [0.1, 0.15) is 48.5 Å². The molecule has 1 atom stereocenters. The SMILES string of the molecule is CCCCC1C=CCN1C(=O)c1sc(NCC)nc1C. The van der Waals surface area contributed by atoms with Gasteiger partial charge in [-0.25, -0.2) is 4.98 Å². The number of anilines is 1. The monoisotopic (exact) mass is 293 g/mol. The Morgan fingerprint density at radius 1 is 1.55 bits per heavy atom. The van der Waals surface area contributed by atoms with E-state index in [0.717, 1.165) is 48.1 Å². The second-order valence-electron chi connectivity index (χ2n) is 5.06. The lowest BCUT2D eigenvalue weighted by Gasteiger charge is -2.24. The molecular weight excluding hydrogens is 270 g/mol. The first-order chi connectivity index (χ1) is 9.67. The summed E-state index contributed by atoms with van der Waals surface area (Å²) in [6.45, 7) is 7.67. The van der Waals surface area contributed by atoms with Crippen molar-refractivity contribution in [1.29, 1.82) is 0 Å². The fraction of sp³-hybridized carbons (Fsp3) is 0.600. The van der Waals surface area contributed by atoms with Crippen LogP contribution in [0.25, 0.3) is 0 Å². The topological polar surface area (TPSA) is 45.2 Å². The molecule has 5 heteroatoms. The lowest BCUT2D eigenvalue weighted by molar-refractivity contribution is 0.0747. The standard InChI is InChI=1S/C15H23N3OS/c1-4-6-8-12-9-7-10-18(12)14(19)13-11(3)17-15(20-13)16-5-2/h7,9,12H,4-6,8,10H2,1-3H3,(H,16,17). The number of hydrogen-bond donors (Lipinski definition) is 1. The number of amides is 1. The molecule has 0 aromatic carbocycles. The Kier molecular flexibility index (Phi) is 5.17. The minimum absolute atomic E-state index is 0.121. The van der Waals surface area contributed by atoms with Crippen molar-refractivity contribution in [3.63, 3.8) is 0 Å². The summed E-state index contributed by atoms with van der Waals surface area (Å²) in [5, 5.41) is 4.02. The highest BCUT2D eigenvalue weighted by molar-refractivity contribution is 7.17. The minimum atomic E-state index is 0.121. The summed E-state index contributed by atoms with van der Waals surface area (Å²) in [6.07, 6.45) is 7.63. The summed E-state index contributed by atoms with van der Waals surface area (Å²) in [7, 11) is 0. The summed E-state index contributed by atoms with van der Waals surface area (Å²) in [4.78, 5) is 19.8. The van der Waals surface area contributed by atoms with Crippen molar-refractivity contribution in [2.24, 2.45) is 0 Å². The second kappa shape index (κ2) is 6.88. The molecular formula is C15H23N3OS. The van der Waals surface area contributed by atoms with Gasteiger partial charge in [0.25, 0.3) is 5.91 Å². The van der Waals surface area contributed by atoms with Crippen molar-refractivity contribution in [1.82, 2.24) is 9.88 Å². The normalized spacial score (nSPS) is 17.8. The van der Waals surface area contributed by atoms with Crippen molar-refractivity contribution in [2.45, 2.75) is 46.1 Å². The van der Waals surface area contributed by atoms with Crippen LogP contribution >= 0.6 is 11.3 Å². The van der Waals surface area contributed by atoms with Gasteiger partial charge in [0.2, 0.25) is 0 Å². The molecule has 110 valence electrons. The first-order valence-corrected chi connectivity index (χ1v) is 8.18. The van der Waals surface area contributed by atoms with Gasteiger partial charge in [0.1, 0.15) is 4.88 Å². The molecule has 1 unspecified atom stereocenters. The number of thiazole rings is 1. The Labute approximate surface area is 124 Å². The Hall–Kier alpha value is -1.36. The van der Waals surface area contributed by atoms with Crippen LogP contribution in [-0.4, -0.2) is 34.9 Å². The molecule has 4 nitrogen and oxygen atoms in total. The van der Waals surface area contributed by atoms with Gasteiger partial charge in [-0.05, 0) is 20.3 Å². The molecule has 0 spiro atoms. The van der Waals surface area contributed by atoms with Crippen LogP contribution in [0.5, 0.6) is 0 Å². The average molecular weight is 293 g/mol. The molecule has 0 saturated carbocycles. The van der Waals surface area contributed by atoms with E-state index in [4.69, 9.17) is 0 Å². The summed E-state index contributed by atoms with van der Waals surface area (Å²) in [6, 6.07) is 0.256. The number of unbranched alkanes of at least 4 members (excludes halogenated alkanes) is 1. The van der Waals surface area contributed by atoms with Gasteiger partial charge in [0.15, 0.2) is 5.13 Å². The Morgan fingerprint density at radius 3 is 3.05 bits per heavy atom. The molecule has 0 radical (unpaired) electrons. The Bertz CT molecular complexity index is 495. The first-order valence-electron chi connectivity index (χ1n) is 7.36. The summed E-state index contributed by atoms with van der Waals surface area (Å²) >= 11 is 1.46. The van der Waals surface area contributed by atoms with Crippen LogP contribution in [0.3, 0.4) is 0 Å². The Morgan fingerprint density at radius 2 is 2.35 bits per heavy atom. The van der Waals surface area contributed by atoms with Crippen LogP contribution in [0.4, 0.5) is 5.13 Å². The highest BCUT2D eigenvalue weighted by Crippen LogP contribution is 2.27. The predicted molar refractivity (Wildman–Crippen MR) is 84.5 cm³/mol. The molecule has 1 amide bonds. The lowest BCUT2D eigenvalue weighted by Crippen LogP contribution is -2.36.